The van der Waals surface area contributed by atoms with Crippen LogP contribution in [0.3, 0.4) is 0 Å². The number of nitrogens with two attached hydrogens (primary N) is 1. The van der Waals surface area contributed by atoms with E-state index in [-0.39, 0.29) is 18.6 Å². The molecule has 0 aliphatic heterocycles. The van der Waals surface area contributed by atoms with E-state index in [0.717, 1.165) is 12.8 Å². The zero-order chi connectivity index (χ0) is 14.4. The number of nitrogen functional groups attached to an aromatic ring is 1. The molecule has 0 spiro atoms. The fraction of sp³-hybridized carbons (Fsp3) is 0.643. The van der Waals surface area contributed by atoms with Gasteiger partial charge in [0.2, 0.25) is 0 Å². The third-order valence-corrected chi connectivity index (χ3v) is 3.46. The van der Waals surface area contributed by atoms with Crippen LogP contribution in [0.1, 0.15) is 44.1 Å². The van der Waals surface area contributed by atoms with Gasteiger partial charge in [-0.2, -0.15) is 0 Å². The summed E-state index contributed by atoms with van der Waals surface area (Å²) in [6.45, 7) is 7.13. The second-order valence-electron chi connectivity index (χ2n) is 4.64. The molecule has 0 atom stereocenters. The van der Waals surface area contributed by atoms with Crippen LogP contribution < -0.4 is 5.73 Å². The highest BCUT2D eigenvalue weighted by molar-refractivity contribution is 5.94. The molecule has 1 aromatic heterocycles. The van der Waals surface area contributed by atoms with Gasteiger partial charge >= 0.3 is 0 Å². The Balaban J connectivity index is 3.04. The topological polar surface area (TPSA) is 71.5 Å². The third kappa shape index (κ3) is 3.50. The Morgan fingerprint density at radius 3 is 2.53 bits per heavy atom. The lowest BCUT2D eigenvalue weighted by atomic mass is 10.1. The van der Waals surface area contributed by atoms with Crippen molar-refractivity contribution in [2.24, 2.45) is 0 Å². The maximum atomic E-state index is 12.6. The molecule has 0 aromatic carbocycles. The molecular formula is C14H25N3O2. The minimum absolute atomic E-state index is 0.0233. The summed E-state index contributed by atoms with van der Waals surface area (Å²) < 4.78 is 1.85. The SMILES string of the molecule is CCC(CC)N(CCO)C(=O)c1cc(N)cn1CC. The van der Waals surface area contributed by atoms with E-state index in [1.165, 1.54) is 0 Å². The zero-order valence-corrected chi connectivity index (χ0v) is 12.1. The van der Waals surface area contributed by atoms with Gasteiger partial charge in [0.1, 0.15) is 5.69 Å². The number of nitrogens with zero attached hydrogens (tertiary/aromatic N) is 2. The van der Waals surface area contributed by atoms with Crippen molar-refractivity contribution in [2.45, 2.75) is 46.2 Å². The standard InChI is InChI=1S/C14H25N3O2/c1-4-12(5-2)17(7-8-18)14(19)13-9-11(15)10-16(13)6-3/h9-10,12,18H,4-8,15H2,1-3H3. The Hall–Kier alpha value is -1.49. The van der Waals surface area contributed by atoms with Crippen LogP contribution in [0, 0.1) is 0 Å². The van der Waals surface area contributed by atoms with E-state index < -0.39 is 0 Å². The number of aromatic nitrogens is 1. The molecule has 0 radical (unpaired) electrons. The highest BCUT2D eigenvalue weighted by Gasteiger charge is 2.24. The number of rotatable bonds is 7. The van der Waals surface area contributed by atoms with Gasteiger partial charge in [-0.15, -0.1) is 0 Å². The average Bonchev–Trinajstić information content (AvgIpc) is 2.79. The number of amides is 1. The molecular weight excluding hydrogens is 242 g/mol. The fourth-order valence-corrected chi connectivity index (χ4v) is 2.41. The van der Waals surface area contributed by atoms with E-state index in [1.54, 1.807) is 17.2 Å². The van der Waals surface area contributed by atoms with Crippen LogP contribution >= 0.6 is 0 Å². The average molecular weight is 267 g/mol. The molecule has 1 heterocycles. The van der Waals surface area contributed by atoms with E-state index in [1.807, 2.05) is 11.5 Å². The lowest BCUT2D eigenvalue weighted by molar-refractivity contribution is 0.0611. The first-order valence-electron chi connectivity index (χ1n) is 6.96. The van der Waals surface area contributed by atoms with Crippen LogP contribution in [0.4, 0.5) is 5.69 Å². The summed E-state index contributed by atoms with van der Waals surface area (Å²) in [5.74, 6) is -0.0544. The van der Waals surface area contributed by atoms with Crippen LogP contribution in [-0.2, 0) is 6.54 Å². The second kappa shape index (κ2) is 7.19. The smallest absolute Gasteiger partial charge is 0.270 e. The van der Waals surface area contributed by atoms with E-state index in [0.29, 0.717) is 24.5 Å². The van der Waals surface area contributed by atoms with Crippen molar-refractivity contribution in [3.63, 3.8) is 0 Å². The number of aliphatic hydroxyl groups excluding tert-OH is 1. The number of aliphatic hydroxyl groups is 1. The molecule has 108 valence electrons. The third-order valence-electron chi connectivity index (χ3n) is 3.46. The van der Waals surface area contributed by atoms with E-state index in [2.05, 4.69) is 13.8 Å². The molecule has 0 unspecified atom stereocenters. The Morgan fingerprint density at radius 1 is 1.42 bits per heavy atom. The molecule has 0 fully saturated rings. The van der Waals surface area contributed by atoms with Crippen LogP contribution in [0.2, 0.25) is 0 Å². The van der Waals surface area contributed by atoms with Gasteiger partial charge in [0.05, 0.1) is 12.3 Å². The van der Waals surface area contributed by atoms with Crippen LogP contribution in [0.5, 0.6) is 0 Å². The van der Waals surface area contributed by atoms with Gasteiger partial charge in [0, 0.05) is 25.3 Å². The maximum Gasteiger partial charge on any atom is 0.270 e. The van der Waals surface area contributed by atoms with Crippen molar-refractivity contribution in [3.05, 3.63) is 18.0 Å². The number of aryl methyl sites for hydroxylation is 1. The summed E-state index contributed by atoms with van der Waals surface area (Å²) in [6.07, 6.45) is 3.53. The van der Waals surface area contributed by atoms with Crippen molar-refractivity contribution in [1.82, 2.24) is 9.47 Å². The van der Waals surface area contributed by atoms with Gasteiger partial charge in [-0.25, -0.2) is 0 Å². The Kier molecular flexibility index (Phi) is 5.89. The van der Waals surface area contributed by atoms with Crippen molar-refractivity contribution in [1.29, 1.82) is 0 Å². The van der Waals surface area contributed by atoms with E-state index in [4.69, 9.17) is 5.73 Å². The molecule has 5 heteroatoms. The van der Waals surface area contributed by atoms with Crippen molar-refractivity contribution < 1.29 is 9.90 Å². The molecule has 3 N–H and O–H groups in total. The van der Waals surface area contributed by atoms with Crippen LogP contribution in [0.15, 0.2) is 12.3 Å². The maximum absolute atomic E-state index is 12.6. The number of hydrogen-bond acceptors (Lipinski definition) is 3. The molecule has 0 bridgehead atoms. The second-order valence-corrected chi connectivity index (χ2v) is 4.64. The van der Waals surface area contributed by atoms with Crippen LogP contribution in [-0.4, -0.2) is 39.7 Å². The molecule has 0 saturated carbocycles. The van der Waals surface area contributed by atoms with Gasteiger partial charge in [0.25, 0.3) is 5.91 Å². The Bertz CT molecular complexity index is 411. The van der Waals surface area contributed by atoms with Crippen molar-refractivity contribution >= 4 is 11.6 Å². The molecule has 1 rings (SSSR count). The number of carbonyl (C=O) groups excluding carboxylic acids is 1. The molecule has 1 aromatic rings. The van der Waals surface area contributed by atoms with Crippen molar-refractivity contribution in [2.75, 3.05) is 18.9 Å². The summed E-state index contributed by atoms with van der Waals surface area (Å²) in [4.78, 5) is 14.4. The monoisotopic (exact) mass is 267 g/mol. The van der Waals surface area contributed by atoms with Gasteiger partial charge in [-0.3, -0.25) is 4.79 Å². The molecule has 0 saturated heterocycles. The summed E-state index contributed by atoms with van der Waals surface area (Å²) in [6, 6.07) is 1.86. The quantitative estimate of drug-likeness (QED) is 0.790. The highest BCUT2D eigenvalue weighted by atomic mass is 16.3. The molecule has 19 heavy (non-hydrogen) atoms. The fourth-order valence-electron chi connectivity index (χ4n) is 2.41. The van der Waals surface area contributed by atoms with Gasteiger partial charge in [-0.1, -0.05) is 13.8 Å². The van der Waals surface area contributed by atoms with Crippen molar-refractivity contribution in [3.8, 4) is 0 Å². The highest BCUT2D eigenvalue weighted by Crippen LogP contribution is 2.17. The zero-order valence-electron chi connectivity index (χ0n) is 12.1. The first-order valence-corrected chi connectivity index (χ1v) is 6.96. The van der Waals surface area contributed by atoms with Gasteiger partial charge in [0.15, 0.2) is 0 Å². The first-order chi connectivity index (χ1) is 9.08. The predicted octanol–water partition coefficient (Wildman–Crippen LogP) is 1.71. The first kappa shape index (κ1) is 15.6. The minimum atomic E-state index is -0.0544. The molecule has 1 amide bonds. The Labute approximate surface area is 115 Å². The molecule has 0 aliphatic rings. The lowest BCUT2D eigenvalue weighted by Crippen LogP contribution is -2.42. The van der Waals surface area contributed by atoms with Gasteiger partial charge in [-0.05, 0) is 25.8 Å². The summed E-state index contributed by atoms with van der Waals surface area (Å²) in [5, 5.41) is 9.18. The number of anilines is 1. The van der Waals surface area contributed by atoms with E-state index in [9.17, 15) is 9.90 Å². The predicted molar refractivity (Wildman–Crippen MR) is 77.0 cm³/mol. The van der Waals surface area contributed by atoms with E-state index >= 15 is 0 Å². The Morgan fingerprint density at radius 2 is 2.05 bits per heavy atom. The largest absolute Gasteiger partial charge is 0.397 e. The van der Waals surface area contributed by atoms with Gasteiger partial charge < -0.3 is 20.3 Å². The minimum Gasteiger partial charge on any atom is -0.397 e. The number of hydrogen-bond donors (Lipinski definition) is 2. The van der Waals surface area contributed by atoms with Crippen LogP contribution in [0.25, 0.3) is 0 Å². The summed E-state index contributed by atoms with van der Waals surface area (Å²) in [5.41, 5.74) is 6.96. The number of carbonyl (C=O) groups is 1. The normalized spacial score (nSPS) is 11.0. The summed E-state index contributed by atoms with van der Waals surface area (Å²) in [7, 11) is 0. The lowest BCUT2D eigenvalue weighted by Gasteiger charge is -2.30. The summed E-state index contributed by atoms with van der Waals surface area (Å²) >= 11 is 0. The molecule has 0 aliphatic carbocycles. The molecule has 5 nitrogen and oxygen atoms in total.